The average molecular weight is 301 g/mol. The third-order valence-corrected chi connectivity index (χ3v) is 2.25. The third kappa shape index (κ3) is 5.67. The first-order valence-corrected chi connectivity index (χ1v) is 6.42. The van der Waals surface area contributed by atoms with E-state index < -0.39 is 35.8 Å². The van der Waals surface area contributed by atoms with Crippen LogP contribution in [0.4, 0.5) is 9.59 Å². The Morgan fingerprint density at radius 2 is 1.57 bits per heavy atom. The molecule has 21 heavy (non-hydrogen) atoms. The topological polar surface area (TPSA) is 114 Å². The Labute approximate surface area is 121 Å². The molecule has 0 aliphatic carbocycles. The molecular formula is C12H19N3O6. The molecule has 1 aliphatic rings. The Balaban J connectivity index is 2.39. The van der Waals surface area contributed by atoms with Gasteiger partial charge >= 0.3 is 12.2 Å². The molecule has 0 aromatic carbocycles. The first kappa shape index (κ1) is 16.7. The zero-order chi connectivity index (χ0) is 16.2. The van der Waals surface area contributed by atoms with E-state index in [0.717, 1.165) is 0 Å². The number of carbonyl (C=O) groups is 4. The smallest absolute Gasteiger partial charge is 0.433 e. The van der Waals surface area contributed by atoms with E-state index in [4.69, 9.17) is 4.74 Å². The van der Waals surface area contributed by atoms with Crippen LogP contribution < -0.4 is 10.6 Å². The van der Waals surface area contributed by atoms with Crippen molar-refractivity contribution in [3.8, 4) is 0 Å². The predicted molar refractivity (Wildman–Crippen MR) is 69.5 cm³/mol. The molecular weight excluding hydrogens is 282 g/mol. The minimum absolute atomic E-state index is 0.0117. The third-order valence-electron chi connectivity index (χ3n) is 2.25. The van der Waals surface area contributed by atoms with Crippen molar-refractivity contribution in [1.29, 1.82) is 0 Å². The van der Waals surface area contributed by atoms with Crippen molar-refractivity contribution in [2.24, 2.45) is 0 Å². The van der Waals surface area contributed by atoms with Gasteiger partial charge in [-0.3, -0.25) is 14.9 Å². The summed E-state index contributed by atoms with van der Waals surface area (Å²) in [5.74, 6) is -1.16. The molecule has 0 spiro atoms. The van der Waals surface area contributed by atoms with E-state index >= 15 is 0 Å². The summed E-state index contributed by atoms with van der Waals surface area (Å²) in [6.07, 6.45) is -2.53. The van der Waals surface area contributed by atoms with Gasteiger partial charge in [-0.2, -0.15) is 0 Å². The van der Waals surface area contributed by atoms with Gasteiger partial charge in [-0.25, -0.2) is 9.59 Å². The molecule has 1 saturated heterocycles. The molecule has 118 valence electrons. The molecule has 1 rings (SSSR count). The summed E-state index contributed by atoms with van der Waals surface area (Å²) in [7, 11) is 0. The lowest BCUT2D eigenvalue weighted by Gasteiger charge is -2.22. The van der Waals surface area contributed by atoms with E-state index in [1.54, 1.807) is 20.8 Å². The maximum absolute atomic E-state index is 11.5. The van der Waals surface area contributed by atoms with Gasteiger partial charge in [-0.1, -0.05) is 0 Å². The standard InChI is InChI=1S/C12H19N3O6/c1-7(13-10(18)20-12(2,3)4)14-11(19)21-15-8(16)5-6-9(15)17/h7H,5-6H2,1-4H3,(H,13,18)(H,14,19). The van der Waals surface area contributed by atoms with Gasteiger partial charge < -0.3 is 14.9 Å². The van der Waals surface area contributed by atoms with Crippen molar-refractivity contribution in [3.05, 3.63) is 0 Å². The number of nitrogens with one attached hydrogen (secondary N) is 2. The number of alkyl carbamates (subject to hydrolysis) is 1. The number of imide groups is 1. The van der Waals surface area contributed by atoms with Crippen LogP contribution in [0.2, 0.25) is 0 Å². The molecule has 1 atom stereocenters. The van der Waals surface area contributed by atoms with Gasteiger partial charge in [-0.05, 0) is 27.7 Å². The highest BCUT2D eigenvalue weighted by Gasteiger charge is 2.33. The molecule has 0 saturated carbocycles. The molecule has 2 N–H and O–H groups in total. The van der Waals surface area contributed by atoms with Crippen LogP contribution in [0.1, 0.15) is 40.5 Å². The van der Waals surface area contributed by atoms with Crippen LogP contribution in [-0.4, -0.2) is 40.8 Å². The van der Waals surface area contributed by atoms with Crippen LogP contribution >= 0.6 is 0 Å². The van der Waals surface area contributed by atoms with Gasteiger partial charge in [0, 0.05) is 12.8 Å². The fourth-order valence-corrected chi connectivity index (χ4v) is 1.46. The summed E-state index contributed by atoms with van der Waals surface area (Å²) >= 11 is 0. The molecule has 4 amide bonds. The molecule has 1 fully saturated rings. The Bertz CT molecular complexity index is 440. The Morgan fingerprint density at radius 1 is 1.10 bits per heavy atom. The molecule has 0 aromatic rings. The predicted octanol–water partition coefficient (Wildman–Crippen LogP) is 0.647. The van der Waals surface area contributed by atoms with Crippen LogP contribution in [0.15, 0.2) is 0 Å². The number of amides is 4. The van der Waals surface area contributed by atoms with Crippen LogP contribution in [-0.2, 0) is 19.2 Å². The number of nitrogens with zero attached hydrogens (tertiary/aromatic N) is 1. The number of rotatable bonds is 3. The normalized spacial score (nSPS) is 16.5. The van der Waals surface area contributed by atoms with Crippen molar-refractivity contribution < 1.29 is 28.8 Å². The van der Waals surface area contributed by atoms with Crippen molar-refractivity contribution in [1.82, 2.24) is 15.7 Å². The van der Waals surface area contributed by atoms with Gasteiger partial charge in [0.25, 0.3) is 11.8 Å². The van der Waals surface area contributed by atoms with E-state index in [0.29, 0.717) is 5.06 Å². The second kappa shape index (κ2) is 6.42. The minimum Gasteiger partial charge on any atom is -0.444 e. The first-order valence-electron chi connectivity index (χ1n) is 6.42. The quantitative estimate of drug-likeness (QED) is 0.584. The van der Waals surface area contributed by atoms with E-state index in [2.05, 4.69) is 15.5 Å². The lowest BCUT2D eigenvalue weighted by molar-refractivity contribution is -0.171. The summed E-state index contributed by atoms with van der Waals surface area (Å²) < 4.78 is 5.00. The zero-order valence-electron chi connectivity index (χ0n) is 12.4. The van der Waals surface area contributed by atoms with Crippen LogP contribution in [0.5, 0.6) is 0 Å². The van der Waals surface area contributed by atoms with Gasteiger partial charge in [0.15, 0.2) is 0 Å². The zero-order valence-corrected chi connectivity index (χ0v) is 12.4. The molecule has 0 radical (unpaired) electrons. The molecule has 9 heteroatoms. The first-order chi connectivity index (χ1) is 9.58. The molecule has 0 bridgehead atoms. The highest BCUT2D eigenvalue weighted by atomic mass is 16.7. The van der Waals surface area contributed by atoms with Crippen molar-refractivity contribution in [3.63, 3.8) is 0 Å². The Morgan fingerprint density at radius 3 is 2.05 bits per heavy atom. The largest absolute Gasteiger partial charge is 0.444 e. The fourth-order valence-electron chi connectivity index (χ4n) is 1.46. The molecule has 1 aliphatic heterocycles. The molecule has 1 heterocycles. The van der Waals surface area contributed by atoms with Crippen LogP contribution in [0.3, 0.4) is 0 Å². The summed E-state index contributed by atoms with van der Waals surface area (Å²) in [5, 5.41) is 5.01. The van der Waals surface area contributed by atoms with E-state index in [-0.39, 0.29) is 12.8 Å². The van der Waals surface area contributed by atoms with Crippen LogP contribution in [0, 0.1) is 0 Å². The SMILES string of the molecule is CC(NC(=O)ON1C(=O)CCC1=O)NC(=O)OC(C)(C)C. The molecule has 9 nitrogen and oxygen atoms in total. The molecule has 0 aromatic heterocycles. The van der Waals surface area contributed by atoms with E-state index in [1.165, 1.54) is 6.92 Å². The van der Waals surface area contributed by atoms with Crippen molar-refractivity contribution >= 4 is 24.0 Å². The van der Waals surface area contributed by atoms with E-state index in [1.807, 2.05) is 0 Å². The maximum Gasteiger partial charge on any atom is 0.433 e. The van der Waals surface area contributed by atoms with Gasteiger partial charge in [0.1, 0.15) is 11.8 Å². The number of carbonyl (C=O) groups excluding carboxylic acids is 4. The monoisotopic (exact) mass is 301 g/mol. The lowest BCUT2D eigenvalue weighted by atomic mass is 10.2. The van der Waals surface area contributed by atoms with Gasteiger partial charge in [0.2, 0.25) is 0 Å². The Hall–Kier alpha value is -2.32. The van der Waals surface area contributed by atoms with Gasteiger partial charge in [0.05, 0.1) is 0 Å². The lowest BCUT2D eigenvalue weighted by Crippen LogP contribution is -2.49. The second-order valence-electron chi connectivity index (χ2n) is 5.47. The second-order valence-corrected chi connectivity index (χ2v) is 5.47. The van der Waals surface area contributed by atoms with Crippen molar-refractivity contribution in [2.45, 2.75) is 52.3 Å². The highest BCUT2D eigenvalue weighted by Crippen LogP contribution is 2.12. The molecule has 1 unspecified atom stereocenters. The summed E-state index contributed by atoms with van der Waals surface area (Å²) in [6.45, 7) is 6.56. The summed E-state index contributed by atoms with van der Waals surface area (Å²) in [6, 6.07) is 0. The summed E-state index contributed by atoms with van der Waals surface area (Å²) in [4.78, 5) is 50.0. The highest BCUT2D eigenvalue weighted by molar-refractivity contribution is 6.01. The van der Waals surface area contributed by atoms with Crippen molar-refractivity contribution in [2.75, 3.05) is 0 Å². The fraction of sp³-hybridized carbons (Fsp3) is 0.667. The number of hydrogen-bond acceptors (Lipinski definition) is 6. The minimum atomic E-state index is -1.03. The maximum atomic E-state index is 11.5. The van der Waals surface area contributed by atoms with Crippen LogP contribution in [0.25, 0.3) is 0 Å². The number of ether oxygens (including phenoxy) is 1. The number of hydrogen-bond donors (Lipinski definition) is 2. The number of hydroxylamine groups is 2. The van der Waals surface area contributed by atoms with Gasteiger partial charge in [-0.15, -0.1) is 5.06 Å². The van der Waals surface area contributed by atoms with E-state index in [9.17, 15) is 19.2 Å². The Kier molecular flexibility index (Phi) is 5.12. The summed E-state index contributed by atoms with van der Waals surface area (Å²) in [5.41, 5.74) is -0.668. The average Bonchev–Trinajstić information content (AvgIpc) is 2.57.